The summed E-state index contributed by atoms with van der Waals surface area (Å²) in [5.41, 5.74) is 0.400. The lowest BCUT2D eigenvalue weighted by atomic mass is 10.1. The van der Waals surface area contributed by atoms with Gasteiger partial charge in [0.1, 0.15) is 24.3 Å². The van der Waals surface area contributed by atoms with E-state index < -0.39 is 5.60 Å². The van der Waals surface area contributed by atoms with Crippen molar-refractivity contribution >= 4 is 11.7 Å². The Balaban J connectivity index is 0.00000141. The number of hydrogen-bond donors (Lipinski definition) is 0. The highest BCUT2D eigenvalue weighted by Crippen LogP contribution is 2.50. The standard InChI is InChI=1S/C23H25FN4O2.C2H6/c1-16-13-27(14-17(2)28(16)21-8-7-18(11-25)12-26-21)22(29)15-30-23(9-10-23)19-5-3-4-6-20(19)24;1-2/h3-8,12,16-17H,9-10,13-15H2,1-2H3;1-2H3. The Morgan fingerprint density at radius 3 is 2.38 bits per heavy atom. The smallest absolute Gasteiger partial charge is 0.248 e. The van der Waals surface area contributed by atoms with Crippen molar-refractivity contribution in [2.75, 3.05) is 24.6 Å². The number of nitrogens with zero attached hydrogens (tertiary/aromatic N) is 4. The predicted octanol–water partition coefficient (Wildman–Crippen LogP) is 4.25. The minimum absolute atomic E-state index is 0.0527. The molecule has 1 aliphatic carbocycles. The number of carbonyl (C=O) groups is 1. The van der Waals surface area contributed by atoms with Crippen molar-refractivity contribution in [3.8, 4) is 6.07 Å². The maximum atomic E-state index is 14.2. The minimum Gasteiger partial charge on any atom is -0.360 e. The molecule has 2 unspecified atom stereocenters. The lowest BCUT2D eigenvalue weighted by molar-refractivity contribution is -0.140. The number of carbonyl (C=O) groups excluding carboxylic acids is 1. The van der Waals surface area contributed by atoms with Crippen LogP contribution in [-0.2, 0) is 15.1 Å². The van der Waals surface area contributed by atoms with Gasteiger partial charge in [-0.15, -0.1) is 0 Å². The third-order valence-electron chi connectivity index (χ3n) is 5.95. The lowest BCUT2D eigenvalue weighted by Gasteiger charge is -2.45. The van der Waals surface area contributed by atoms with Crippen molar-refractivity contribution in [1.29, 1.82) is 5.26 Å². The maximum Gasteiger partial charge on any atom is 0.248 e. The van der Waals surface area contributed by atoms with Crippen LogP contribution in [-0.4, -0.2) is 47.6 Å². The molecule has 7 heteroatoms. The van der Waals surface area contributed by atoms with Crippen LogP contribution in [0.2, 0.25) is 0 Å². The summed E-state index contributed by atoms with van der Waals surface area (Å²) in [5, 5.41) is 8.96. The van der Waals surface area contributed by atoms with Crippen LogP contribution in [0.15, 0.2) is 42.6 Å². The number of pyridine rings is 1. The third-order valence-corrected chi connectivity index (χ3v) is 5.95. The summed E-state index contributed by atoms with van der Waals surface area (Å²) >= 11 is 0. The Morgan fingerprint density at radius 2 is 1.84 bits per heavy atom. The predicted molar refractivity (Wildman–Crippen MR) is 122 cm³/mol. The molecule has 0 radical (unpaired) electrons. The fraction of sp³-hybridized carbons (Fsp3) is 0.480. The summed E-state index contributed by atoms with van der Waals surface area (Å²) in [4.78, 5) is 21.2. The normalized spacial score (nSPS) is 21.2. The van der Waals surface area contributed by atoms with Crippen molar-refractivity contribution in [2.45, 2.75) is 58.2 Å². The van der Waals surface area contributed by atoms with Gasteiger partial charge in [0.25, 0.3) is 0 Å². The van der Waals surface area contributed by atoms with Crippen molar-refractivity contribution in [2.24, 2.45) is 0 Å². The zero-order chi connectivity index (χ0) is 23.3. The van der Waals surface area contributed by atoms with Crippen LogP contribution in [0.5, 0.6) is 0 Å². The quantitative estimate of drug-likeness (QED) is 0.698. The summed E-state index contributed by atoms with van der Waals surface area (Å²) in [6, 6.07) is 12.4. The topological polar surface area (TPSA) is 69.5 Å². The molecule has 2 aliphatic rings. The summed E-state index contributed by atoms with van der Waals surface area (Å²) in [6.07, 6.45) is 3.02. The first-order valence-electron chi connectivity index (χ1n) is 11.2. The number of nitriles is 1. The molecule has 2 heterocycles. The Labute approximate surface area is 189 Å². The SMILES string of the molecule is CC.CC1CN(C(=O)COC2(c3ccccc3F)CC2)CC(C)N1c1ccc(C#N)cn1. The van der Waals surface area contributed by atoms with E-state index in [1.165, 1.54) is 6.07 Å². The van der Waals surface area contributed by atoms with E-state index in [4.69, 9.17) is 10.00 Å². The van der Waals surface area contributed by atoms with Gasteiger partial charge in [-0.25, -0.2) is 9.37 Å². The second kappa shape index (κ2) is 10.1. The number of amides is 1. The van der Waals surface area contributed by atoms with Gasteiger partial charge >= 0.3 is 0 Å². The highest BCUT2D eigenvalue weighted by Gasteiger charge is 2.48. The van der Waals surface area contributed by atoms with Gasteiger partial charge < -0.3 is 14.5 Å². The van der Waals surface area contributed by atoms with E-state index in [0.717, 1.165) is 18.7 Å². The highest BCUT2D eigenvalue weighted by molar-refractivity contribution is 5.78. The van der Waals surface area contributed by atoms with Crippen LogP contribution in [0, 0.1) is 17.1 Å². The number of rotatable bonds is 5. The average Bonchev–Trinajstić information content (AvgIpc) is 3.60. The zero-order valence-corrected chi connectivity index (χ0v) is 19.2. The molecule has 1 saturated heterocycles. The van der Waals surface area contributed by atoms with Gasteiger partial charge in [0.05, 0.1) is 11.2 Å². The van der Waals surface area contributed by atoms with E-state index in [0.29, 0.717) is 24.2 Å². The number of anilines is 1. The first-order chi connectivity index (χ1) is 15.4. The van der Waals surface area contributed by atoms with Crippen LogP contribution < -0.4 is 4.90 Å². The number of piperazine rings is 1. The minimum atomic E-state index is -0.660. The maximum absolute atomic E-state index is 14.2. The van der Waals surface area contributed by atoms with Crippen LogP contribution in [0.25, 0.3) is 0 Å². The third kappa shape index (κ3) is 4.91. The van der Waals surface area contributed by atoms with E-state index in [1.54, 1.807) is 30.5 Å². The molecule has 1 aliphatic heterocycles. The Kier molecular flexibility index (Phi) is 7.47. The van der Waals surface area contributed by atoms with Gasteiger partial charge in [0.15, 0.2) is 0 Å². The first kappa shape index (κ1) is 23.7. The summed E-state index contributed by atoms with van der Waals surface area (Å²) in [6.45, 7) is 9.17. The highest BCUT2D eigenvalue weighted by atomic mass is 19.1. The Morgan fingerprint density at radius 1 is 1.19 bits per heavy atom. The Hall–Kier alpha value is -2.98. The van der Waals surface area contributed by atoms with Crippen LogP contribution in [0.1, 0.15) is 51.7 Å². The first-order valence-corrected chi connectivity index (χ1v) is 11.2. The molecule has 1 aromatic heterocycles. The molecular weight excluding hydrogens is 407 g/mol. The van der Waals surface area contributed by atoms with Crippen molar-refractivity contribution in [1.82, 2.24) is 9.88 Å². The van der Waals surface area contributed by atoms with Gasteiger partial charge in [-0.2, -0.15) is 5.26 Å². The van der Waals surface area contributed by atoms with Gasteiger partial charge in [-0.3, -0.25) is 4.79 Å². The second-order valence-corrected chi connectivity index (χ2v) is 8.18. The lowest BCUT2D eigenvalue weighted by Crippen LogP contribution is -2.59. The van der Waals surface area contributed by atoms with Gasteiger partial charge in [-0.05, 0) is 44.9 Å². The molecule has 1 aromatic carbocycles. The molecule has 0 N–H and O–H groups in total. The van der Waals surface area contributed by atoms with Crippen LogP contribution in [0.3, 0.4) is 0 Å². The molecule has 2 aromatic rings. The average molecular weight is 439 g/mol. The number of hydrogen-bond acceptors (Lipinski definition) is 5. The molecule has 0 bridgehead atoms. The summed E-state index contributed by atoms with van der Waals surface area (Å²) in [7, 11) is 0. The molecule has 1 amide bonds. The molecule has 2 atom stereocenters. The molecule has 6 nitrogen and oxygen atoms in total. The zero-order valence-electron chi connectivity index (χ0n) is 19.2. The fourth-order valence-electron chi connectivity index (χ4n) is 4.31. The molecule has 32 heavy (non-hydrogen) atoms. The number of benzene rings is 1. The van der Waals surface area contributed by atoms with Crippen molar-refractivity contribution in [3.63, 3.8) is 0 Å². The van der Waals surface area contributed by atoms with E-state index >= 15 is 0 Å². The van der Waals surface area contributed by atoms with E-state index in [-0.39, 0.29) is 30.4 Å². The van der Waals surface area contributed by atoms with E-state index in [2.05, 4.69) is 29.8 Å². The molecule has 1 saturated carbocycles. The number of ether oxygens (including phenoxy) is 1. The number of halogens is 1. The van der Waals surface area contributed by atoms with Crippen LogP contribution in [0.4, 0.5) is 10.2 Å². The summed E-state index contributed by atoms with van der Waals surface area (Å²) < 4.78 is 20.1. The van der Waals surface area contributed by atoms with Gasteiger partial charge in [0.2, 0.25) is 5.91 Å². The monoisotopic (exact) mass is 438 g/mol. The molecular formula is C25H31FN4O2. The largest absolute Gasteiger partial charge is 0.360 e. The second-order valence-electron chi connectivity index (χ2n) is 8.18. The van der Waals surface area contributed by atoms with Gasteiger partial charge in [-0.1, -0.05) is 32.0 Å². The van der Waals surface area contributed by atoms with Gasteiger partial charge in [0, 0.05) is 36.9 Å². The van der Waals surface area contributed by atoms with E-state index in [1.807, 2.05) is 24.8 Å². The molecule has 170 valence electrons. The van der Waals surface area contributed by atoms with Crippen LogP contribution >= 0.6 is 0 Å². The molecule has 4 rings (SSSR count). The van der Waals surface area contributed by atoms with E-state index in [9.17, 15) is 9.18 Å². The van der Waals surface area contributed by atoms with Crippen molar-refractivity contribution in [3.05, 3.63) is 59.5 Å². The Bertz CT molecular complexity index is 957. The van der Waals surface area contributed by atoms with Crippen molar-refractivity contribution < 1.29 is 13.9 Å². The number of aromatic nitrogens is 1. The molecule has 0 spiro atoms. The summed E-state index contributed by atoms with van der Waals surface area (Å²) in [5.74, 6) is 0.436. The fourth-order valence-corrected chi connectivity index (χ4v) is 4.31. The molecule has 2 fully saturated rings.